The van der Waals surface area contributed by atoms with Crippen LogP contribution in [0.2, 0.25) is 0 Å². The maximum atomic E-state index is 5.56. The minimum absolute atomic E-state index is 0.00445. The molecule has 0 aromatic carbocycles. The molecule has 5 heteroatoms. The van der Waals surface area contributed by atoms with Gasteiger partial charge in [0.25, 0.3) is 0 Å². The van der Waals surface area contributed by atoms with E-state index in [0.29, 0.717) is 0 Å². The van der Waals surface area contributed by atoms with Gasteiger partial charge >= 0.3 is 0 Å². The molecule has 18 heavy (non-hydrogen) atoms. The number of aryl methyl sites for hydroxylation is 1. The number of hydrogen-bond acceptors (Lipinski definition) is 4. The molecular weight excluding hydrogens is 226 g/mol. The van der Waals surface area contributed by atoms with Gasteiger partial charge in [0, 0.05) is 23.2 Å². The fourth-order valence-electron chi connectivity index (χ4n) is 1.88. The summed E-state index contributed by atoms with van der Waals surface area (Å²) in [5.74, 6) is 6.34. The van der Waals surface area contributed by atoms with Crippen molar-refractivity contribution in [2.45, 2.75) is 46.0 Å². The van der Waals surface area contributed by atoms with Crippen molar-refractivity contribution in [3.63, 3.8) is 0 Å². The Kier molecular flexibility index (Phi) is 3.26. The summed E-state index contributed by atoms with van der Waals surface area (Å²) in [6, 6.07) is 3.98. The zero-order chi connectivity index (χ0) is 13.3. The fourth-order valence-corrected chi connectivity index (χ4v) is 1.88. The first-order valence-corrected chi connectivity index (χ1v) is 6.32. The van der Waals surface area contributed by atoms with E-state index < -0.39 is 0 Å². The SMILES string of the molecule is CCCc1cc(NN)n2nc(C(C)(C)C)cc2n1. The van der Waals surface area contributed by atoms with Crippen molar-refractivity contribution in [3.05, 3.63) is 23.5 Å². The molecule has 0 aliphatic heterocycles. The van der Waals surface area contributed by atoms with E-state index in [9.17, 15) is 0 Å². The Hall–Kier alpha value is -1.62. The Labute approximate surface area is 107 Å². The van der Waals surface area contributed by atoms with Crippen LogP contribution >= 0.6 is 0 Å². The monoisotopic (exact) mass is 247 g/mol. The van der Waals surface area contributed by atoms with Gasteiger partial charge in [0.2, 0.25) is 0 Å². The van der Waals surface area contributed by atoms with Crippen molar-refractivity contribution in [1.29, 1.82) is 0 Å². The molecule has 2 aromatic heterocycles. The largest absolute Gasteiger partial charge is 0.308 e. The van der Waals surface area contributed by atoms with Crippen molar-refractivity contribution in [2.24, 2.45) is 5.84 Å². The van der Waals surface area contributed by atoms with E-state index in [0.717, 1.165) is 35.7 Å². The Bertz CT molecular complexity index is 550. The number of hydrogen-bond donors (Lipinski definition) is 2. The first-order chi connectivity index (χ1) is 8.45. The van der Waals surface area contributed by atoms with Crippen molar-refractivity contribution in [2.75, 3.05) is 5.43 Å². The van der Waals surface area contributed by atoms with E-state index in [1.165, 1.54) is 0 Å². The van der Waals surface area contributed by atoms with Crippen LogP contribution in [0.1, 0.15) is 45.5 Å². The highest BCUT2D eigenvalue weighted by Crippen LogP contribution is 2.23. The molecule has 0 saturated heterocycles. The third kappa shape index (κ3) is 2.31. The molecule has 0 unspecified atom stereocenters. The predicted molar refractivity (Wildman–Crippen MR) is 73.5 cm³/mol. The average Bonchev–Trinajstić information content (AvgIpc) is 2.71. The van der Waals surface area contributed by atoms with Crippen molar-refractivity contribution < 1.29 is 0 Å². The fraction of sp³-hybridized carbons (Fsp3) is 0.538. The summed E-state index contributed by atoms with van der Waals surface area (Å²) in [6.07, 6.45) is 2.01. The Balaban J connectivity index is 2.60. The molecule has 0 aliphatic rings. The molecule has 0 atom stereocenters. The number of hydrazine groups is 1. The normalized spacial score (nSPS) is 12.1. The summed E-state index contributed by atoms with van der Waals surface area (Å²) in [6.45, 7) is 8.55. The number of fused-ring (bicyclic) bond motifs is 1. The summed E-state index contributed by atoms with van der Waals surface area (Å²) >= 11 is 0. The van der Waals surface area contributed by atoms with E-state index >= 15 is 0 Å². The third-order valence-electron chi connectivity index (χ3n) is 2.90. The molecule has 0 aliphatic carbocycles. The summed E-state index contributed by atoms with van der Waals surface area (Å²) in [5, 5.41) is 4.57. The van der Waals surface area contributed by atoms with Crippen LogP contribution in [-0.2, 0) is 11.8 Å². The van der Waals surface area contributed by atoms with Crippen LogP contribution in [0.4, 0.5) is 5.82 Å². The average molecular weight is 247 g/mol. The van der Waals surface area contributed by atoms with Crippen molar-refractivity contribution >= 4 is 11.5 Å². The van der Waals surface area contributed by atoms with Crippen LogP contribution in [-0.4, -0.2) is 14.6 Å². The molecule has 2 rings (SSSR count). The van der Waals surface area contributed by atoms with Gasteiger partial charge in [-0.05, 0) is 6.42 Å². The van der Waals surface area contributed by atoms with Gasteiger partial charge in [-0.1, -0.05) is 34.1 Å². The van der Waals surface area contributed by atoms with E-state index in [-0.39, 0.29) is 5.41 Å². The molecule has 0 saturated carbocycles. The highest BCUT2D eigenvalue weighted by Gasteiger charge is 2.19. The highest BCUT2D eigenvalue weighted by molar-refractivity contribution is 5.50. The molecule has 2 heterocycles. The standard InChI is InChI=1S/C13H21N5/c1-5-6-9-7-12(16-14)18-11(15-9)8-10(17-18)13(2,3)4/h7-8,16H,5-6,14H2,1-4H3. The van der Waals surface area contributed by atoms with Crippen LogP contribution in [0, 0.1) is 0 Å². The molecule has 5 nitrogen and oxygen atoms in total. The van der Waals surface area contributed by atoms with Crippen LogP contribution in [0.5, 0.6) is 0 Å². The molecule has 2 aromatic rings. The lowest BCUT2D eigenvalue weighted by Gasteiger charge is -2.13. The summed E-state index contributed by atoms with van der Waals surface area (Å²) in [7, 11) is 0. The lowest BCUT2D eigenvalue weighted by atomic mass is 9.93. The number of aromatic nitrogens is 3. The zero-order valence-corrected chi connectivity index (χ0v) is 11.5. The van der Waals surface area contributed by atoms with Crippen molar-refractivity contribution in [3.8, 4) is 0 Å². The maximum Gasteiger partial charge on any atom is 0.157 e. The maximum absolute atomic E-state index is 5.56. The topological polar surface area (TPSA) is 68.2 Å². The predicted octanol–water partition coefficient (Wildman–Crippen LogP) is 2.26. The molecule has 98 valence electrons. The van der Waals surface area contributed by atoms with E-state index in [1.54, 1.807) is 4.52 Å². The van der Waals surface area contributed by atoms with Gasteiger partial charge in [-0.15, -0.1) is 0 Å². The third-order valence-corrected chi connectivity index (χ3v) is 2.90. The summed E-state index contributed by atoms with van der Waals surface area (Å²) in [4.78, 5) is 4.61. The minimum atomic E-state index is 0.00445. The van der Waals surface area contributed by atoms with Gasteiger partial charge in [0.1, 0.15) is 5.82 Å². The van der Waals surface area contributed by atoms with Gasteiger partial charge in [-0.3, -0.25) is 0 Å². The van der Waals surface area contributed by atoms with Gasteiger partial charge in [-0.25, -0.2) is 10.8 Å². The first kappa shape index (κ1) is 12.8. The molecule has 0 radical (unpaired) electrons. The molecule has 0 amide bonds. The minimum Gasteiger partial charge on any atom is -0.308 e. The van der Waals surface area contributed by atoms with E-state index in [4.69, 9.17) is 5.84 Å². The molecule has 0 spiro atoms. The Morgan fingerprint density at radius 2 is 2.06 bits per heavy atom. The van der Waals surface area contributed by atoms with Crippen LogP contribution in [0.25, 0.3) is 5.65 Å². The number of rotatable bonds is 3. The molecule has 0 bridgehead atoms. The second-order valence-corrected chi connectivity index (χ2v) is 5.58. The quantitative estimate of drug-likeness (QED) is 0.645. The first-order valence-electron chi connectivity index (χ1n) is 6.32. The second-order valence-electron chi connectivity index (χ2n) is 5.58. The van der Waals surface area contributed by atoms with Crippen LogP contribution < -0.4 is 11.3 Å². The van der Waals surface area contributed by atoms with Gasteiger partial charge in [0.05, 0.1) is 5.69 Å². The van der Waals surface area contributed by atoms with Crippen molar-refractivity contribution in [1.82, 2.24) is 14.6 Å². The van der Waals surface area contributed by atoms with E-state index in [1.807, 2.05) is 12.1 Å². The van der Waals surface area contributed by atoms with Gasteiger partial charge in [0.15, 0.2) is 5.65 Å². The van der Waals surface area contributed by atoms with Gasteiger partial charge in [-0.2, -0.15) is 9.61 Å². The van der Waals surface area contributed by atoms with E-state index in [2.05, 4.69) is 43.2 Å². The Morgan fingerprint density at radius 3 is 2.61 bits per heavy atom. The molecule has 0 fully saturated rings. The number of nitrogens with two attached hydrogens (primary N) is 1. The van der Waals surface area contributed by atoms with Gasteiger partial charge < -0.3 is 5.43 Å². The molecular formula is C13H21N5. The number of nitrogens with one attached hydrogen (secondary N) is 1. The lowest BCUT2D eigenvalue weighted by molar-refractivity contribution is 0.563. The molecule has 3 N–H and O–H groups in total. The number of nitrogens with zero attached hydrogens (tertiary/aromatic N) is 3. The second kappa shape index (κ2) is 4.57. The highest BCUT2D eigenvalue weighted by atomic mass is 15.4. The zero-order valence-electron chi connectivity index (χ0n) is 11.5. The number of nitrogen functional groups attached to an aromatic ring is 1. The van der Waals surface area contributed by atoms with Crippen LogP contribution in [0.15, 0.2) is 12.1 Å². The summed E-state index contributed by atoms with van der Waals surface area (Å²) < 4.78 is 1.76. The smallest absolute Gasteiger partial charge is 0.157 e. The lowest BCUT2D eigenvalue weighted by Crippen LogP contribution is -2.14. The summed E-state index contributed by atoms with van der Waals surface area (Å²) in [5.41, 5.74) is 5.60. The number of anilines is 1. The Morgan fingerprint density at radius 1 is 1.33 bits per heavy atom. The van der Waals surface area contributed by atoms with Crippen LogP contribution in [0.3, 0.4) is 0 Å².